The van der Waals surface area contributed by atoms with Gasteiger partial charge in [0.15, 0.2) is 0 Å². The van der Waals surface area contributed by atoms with Crippen LogP contribution in [-0.2, 0) is 14.8 Å². The number of nitrogens with one attached hydrogen (secondary N) is 1. The highest BCUT2D eigenvalue weighted by atomic mass is 32.2. The number of para-hydroxylation sites is 1. The number of carbonyl (C=O) groups excluding carboxylic acids is 1. The zero-order valence-corrected chi connectivity index (χ0v) is 19.4. The number of benzene rings is 3. The van der Waals surface area contributed by atoms with Crippen molar-refractivity contribution in [1.82, 2.24) is 5.32 Å². The van der Waals surface area contributed by atoms with E-state index in [4.69, 9.17) is 4.74 Å². The molecule has 0 aromatic heterocycles. The van der Waals surface area contributed by atoms with E-state index in [2.05, 4.69) is 5.32 Å². The van der Waals surface area contributed by atoms with Gasteiger partial charge < -0.3 is 10.1 Å². The first-order valence-corrected chi connectivity index (χ1v) is 11.8. The summed E-state index contributed by atoms with van der Waals surface area (Å²) in [7, 11) is -3.91. The Morgan fingerprint density at radius 1 is 0.906 bits per heavy atom. The van der Waals surface area contributed by atoms with Gasteiger partial charge in [0.25, 0.3) is 10.0 Å². The highest BCUT2D eigenvalue weighted by Crippen LogP contribution is 2.26. The average Bonchev–Trinajstić information content (AvgIpc) is 2.78. The Morgan fingerprint density at radius 2 is 1.59 bits per heavy atom. The minimum Gasteiger partial charge on any atom is -0.491 e. The van der Waals surface area contributed by atoms with Gasteiger partial charge in [0.05, 0.1) is 17.1 Å². The molecule has 168 valence electrons. The summed E-state index contributed by atoms with van der Waals surface area (Å²) in [6.07, 6.45) is 0. The number of sulfonamides is 1. The molecule has 0 bridgehead atoms. The largest absolute Gasteiger partial charge is 0.491 e. The third kappa shape index (κ3) is 5.68. The molecule has 0 unspecified atom stereocenters. The molecule has 6 nitrogen and oxygen atoms in total. The smallest absolute Gasteiger partial charge is 0.264 e. The topological polar surface area (TPSA) is 75.7 Å². The summed E-state index contributed by atoms with van der Waals surface area (Å²) in [5, 5.41) is 2.76. The van der Waals surface area contributed by atoms with Gasteiger partial charge in [0.2, 0.25) is 5.91 Å². The molecule has 32 heavy (non-hydrogen) atoms. The maximum atomic E-state index is 13.3. The first-order valence-electron chi connectivity index (χ1n) is 10.4. The molecule has 0 aliphatic carbocycles. The minimum absolute atomic E-state index is 0.134. The Bertz CT molecular complexity index is 1180. The van der Waals surface area contributed by atoms with Crippen molar-refractivity contribution < 1.29 is 17.9 Å². The molecule has 0 spiro atoms. The van der Waals surface area contributed by atoms with E-state index in [1.807, 2.05) is 51.1 Å². The average molecular weight is 453 g/mol. The lowest BCUT2D eigenvalue weighted by Crippen LogP contribution is -2.42. The molecular formula is C25H28N2O4S. The zero-order valence-electron chi connectivity index (χ0n) is 18.5. The predicted octanol–water partition coefficient (Wildman–Crippen LogP) is 4.00. The van der Waals surface area contributed by atoms with Crippen LogP contribution in [0.15, 0.2) is 77.7 Å². The van der Waals surface area contributed by atoms with E-state index in [0.29, 0.717) is 5.69 Å². The molecule has 0 atom stereocenters. The van der Waals surface area contributed by atoms with E-state index in [1.165, 1.54) is 12.1 Å². The van der Waals surface area contributed by atoms with Crippen molar-refractivity contribution in [1.29, 1.82) is 0 Å². The normalized spacial score (nSPS) is 11.1. The molecule has 1 N–H and O–H groups in total. The van der Waals surface area contributed by atoms with Crippen LogP contribution in [-0.4, -0.2) is 34.0 Å². The fourth-order valence-electron chi connectivity index (χ4n) is 3.26. The summed E-state index contributed by atoms with van der Waals surface area (Å²) in [6, 6.07) is 21.2. The van der Waals surface area contributed by atoms with Crippen LogP contribution < -0.4 is 14.4 Å². The first kappa shape index (κ1) is 23.3. The highest BCUT2D eigenvalue weighted by Gasteiger charge is 2.27. The van der Waals surface area contributed by atoms with Crippen LogP contribution in [0.2, 0.25) is 0 Å². The van der Waals surface area contributed by atoms with E-state index >= 15 is 0 Å². The number of rotatable bonds is 9. The summed E-state index contributed by atoms with van der Waals surface area (Å²) < 4.78 is 33.6. The van der Waals surface area contributed by atoms with Crippen LogP contribution in [0.4, 0.5) is 5.69 Å². The molecule has 7 heteroatoms. The van der Waals surface area contributed by atoms with Gasteiger partial charge in [0.1, 0.15) is 18.9 Å². The molecule has 0 aliphatic heterocycles. The lowest BCUT2D eigenvalue weighted by molar-refractivity contribution is -0.119. The summed E-state index contributed by atoms with van der Waals surface area (Å²) in [4.78, 5) is 12.8. The van der Waals surface area contributed by atoms with Gasteiger partial charge in [-0.2, -0.15) is 0 Å². The summed E-state index contributed by atoms with van der Waals surface area (Å²) in [5.41, 5.74) is 3.34. The molecule has 0 fully saturated rings. The highest BCUT2D eigenvalue weighted by molar-refractivity contribution is 7.92. The molecule has 1 amide bonds. The molecule has 3 aromatic rings. The Labute approximate surface area is 189 Å². The van der Waals surface area contributed by atoms with Crippen LogP contribution in [0.5, 0.6) is 5.75 Å². The van der Waals surface area contributed by atoms with Crippen LogP contribution >= 0.6 is 0 Å². The van der Waals surface area contributed by atoms with Crippen molar-refractivity contribution in [2.24, 2.45) is 0 Å². The van der Waals surface area contributed by atoms with Crippen LogP contribution in [0.1, 0.15) is 16.7 Å². The SMILES string of the molecule is Cc1ccc(C)c(OCCNC(=O)CN(c2ccccc2C)S(=O)(=O)c2ccccc2)c1. The maximum Gasteiger partial charge on any atom is 0.264 e. The standard InChI is InChI=1S/C25H28N2O4S/c1-19-13-14-21(3)24(17-19)31-16-15-26-25(28)18-27(23-12-8-7-9-20(23)2)32(29,30)22-10-5-4-6-11-22/h4-14,17H,15-16,18H2,1-3H3,(H,26,28). The Morgan fingerprint density at radius 3 is 2.31 bits per heavy atom. The zero-order chi connectivity index (χ0) is 23.1. The van der Waals surface area contributed by atoms with Gasteiger partial charge in [-0.05, 0) is 61.7 Å². The van der Waals surface area contributed by atoms with Gasteiger partial charge in [-0.1, -0.05) is 48.5 Å². The van der Waals surface area contributed by atoms with Gasteiger partial charge in [-0.25, -0.2) is 8.42 Å². The van der Waals surface area contributed by atoms with Crippen molar-refractivity contribution in [2.75, 3.05) is 24.0 Å². The second-order valence-electron chi connectivity index (χ2n) is 7.58. The van der Waals surface area contributed by atoms with Crippen LogP contribution in [0, 0.1) is 20.8 Å². The van der Waals surface area contributed by atoms with Crippen molar-refractivity contribution in [3.63, 3.8) is 0 Å². The fourth-order valence-corrected chi connectivity index (χ4v) is 4.77. The first-order chi connectivity index (χ1) is 15.3. The van der Waals surface area contributed by atoms with E-state index in [-0.39, 0.29) is 24.6 Å². The number of carbonyl (C=O) groups is 1. The fraction of sp³-hybridized carbons (Fsp3) is 0.240. The number of anilines is 1. The number of ether oxygens (including phenoxy) is 1. The van der Waals surface area contributed by atoms with Crippen molar-refractivity contribution in [3.05, 3.63) is 89.5 Å². The van der Waals surface area contributed by atoms with Gasteiger partial charge in [0, 0.05) is 0 Å². The second-order valence-corrected chi connectivity index (χ2v) is 9.44. The summed E-state index contributed by atoms with van der Waals surface area (Å²) in [6.45, 7) is 5.98. The Balaban J connectivity index is 1.70. The lowest BCUT2D eigenvalue weighted by atomic mass is 10.1. The number of hydrogen-bond acceptors (Lipinski definition) is 4. The molecule has 3 rings (SSSR count). The van der Waals surface area contributed by atoms with Crippen molar-refractivity contribution in [3.8, 4) is 5.75 Å². The Hall–Kier alpha value is -3.32. The second kappa shape index (κ2) is 10.3. The van der Waals surface area contributed by atoms with Gasteiger partial charge in [-0.3, -0.25) is 9.10 Å². The molecule has 0 saturated carbocycles. The van der Waals surface area contributed by atoms with E-state index in [9.17, 15) is 13.2 Å². The molecule has 0 saturated heterocycles. The number of nitrogens with zero attached hydrogens (tertiary/aromatic N) is 1. The molecule has 0 radical (unpaired) electrons. The van der Waals surface area contributed by atoms with Crippen LogP contribution in [0.25, 0.3) is 0 Å². The third-order valence-electron chi connectivity index (χ3n) is 5.03. The minimum atomic E-state index is -3.91. The molecule has 3 aromatic carbocycles. The van der Waals surface area contributed by atoms with Crippen molar-refractivity contribution in [2.45, 2.75) is 25.7 Å². The monoisotopic (exact) mass is 452 g/mol. The number of amides is 1. The molecule has 0 heterocycles. The van der Waals surface area contributed by atoms with Crippen LogP contribution in [0.3, 0.4) is 0 Å². The number of aryl methyl sites for hydroxylation is 3. The number of hydrogen-bond donors (Lipinski definition) is 1. The quantitative estimate of drug-likeness (QED) is 0.498. The van der Waals surface area contributed by atoms with Gasteiger partial charge in [-0.15, -0.1) is 0 Å². The maximum absolute atomic E-state index is 13.3. The van der Waals surface area contributed by atoms with E-state index < -0.39 is 15.9 Å². The molecular weight excluding hydrogens is 424 g/mol. The van der Waals surface area contributed by atoms with Crippen molar-refractivity contribution >= 4 is 21.6 Å². The van der Waals surface area contributed by atoms with Gasteiger partial charge >= 0.3 is 0 Å². The molecule has 0 aliphatic rings. The summed E-state index contributed by atoms with van der Waals surface area (Å²) in [5.74, 6) is 0.366. The predicted molar refractivity (Wildman–Crippen MR) is 127 cm³/mol. The summed E-state index contributed by atoms with van der Waals surface area (Å²) >= 11 is 0. The third-order valence-corrected chi connectivity index (χ3v) is 6.80. The Kier molecular flexibility index (Phi) is 7.53. The lowest BCUT2D eigenvalue weighted by Gasteiger charge is -2.25. The van der Waals surface area contributed by atoms with E-state index in [0.717, 1.165) is 26.7 Å². The van der Waals surface area contributed by atoms with E-state index in [1.54, 1.807) is 30.3 Å².